The predicted octanol–water partition coefficient (Wildman–Crippen LogP) is 2.43. The normalized spacial score (nSPS) is 10.9. The van der Waals surface area contributed by atoms with Crippen LogP contribution < -0.4 is 11.3 Å². The molecule has 2 aromatic heterocycles. The molecule has 0 saturated carbocycles. The van der Waals surface area contributed by atoms with E-state index in [9.17, 15) is 4.79 Å². The Hall–Kier alpha value is -2.21. The van der Waals surface area contributed by atoms with Crippen molar-refractivity contribution in [3.8, 4) is 0 Å². The number of rotatable bonds is 7. The molecule has 0 aliphatic rings. The predicted molar refractivity (Wildman–Crippen MR) is 108 cm³/mol. The zero-order valence-electron chi connectivity index (χ0n) is 15.0. The molecule has 0 bridgehead atoms. The van der Waals surface area contributed by atoms with E-state index in [-0.39, 0.29) is 18.0 Å². The first-order chi connectivity index (χ1) is 12.2. The van der Waals surface area contributed by atoms with Gasteiger partial charge in [0.05, 0.1) is 5.69 Å². The van der Waals surface area contributed by atoms with E-state index in [0.717, 1.165) is 30.8 Å². The Morgan fingerprint density at radius 3 is 2.62 bits per heavy atom. The van der Waals surface area contributed by atoms with Crippen LogP contribution in [-0.2, 0) is 13.0 Å². The van der Waals surface area contributed by atoms with Gasteiger partial charge in [0.25, 0.3) is 5.56 Å². The second kappa shape index (κ2) is 9.48. The summed E-state index contributed by atoms with van der Waals surface area (Å²) in [6.45, 7) is 4.84. The molecular formula is C20H25ClN4O. The van der Waals surface area contributed by atoms with Crippen molar-refractivity contribution in [2.45, 2.75) is 19.9 Å². The number of halogens is 1. The van der Waals surface area contributed by atoms with Gasteiger partial charge in [-0.15, -0.1) is 12.4 Å². The van der Waals surface area contributed by atoms with E-state index in [1.807, 2.05) is 31.3 Å². The van der Waals surface area contributed by atoms with Crippen LogP contribution in [0, 0.1) is 6.92 Å². The third-order valence-corrected chi connectivity index (χ3v) is 4.25. The Balaban J connectivity index is 0.00000243. The topological polar surface area (TPSA) is 63.6 Å². The molecule has 0 aliphatic heterocycles. The Bertz CT molecular complexity index is 895. The van der Waals surface area contributed by atoms with Crippen LogP contribution >= 0.6 is 12.4 Å². The van der Waals surface area contributed by atoms with Gasteiger partial charge in [-0.1, -0.05) is 36.4 Å². The molecule has 26 heavy (non-hydrogen) atoms. The molecule has 2 N–H and O–H groups in total. The van der Waals surface area contributed by atoms with Gasteiger partial charge in [-0.3, -0.25) is 14.1 Å². The van der Waals surface area contributed by atoms with Crippen LogP contribution in [0.3, 0.4) is 0 Å². The molecule has 0 atom stereocenters. The Labute approximate surface area is 159 Å². The first kappa shape index (κ1) is 20.1. The van der Waals surface area contributed by atoms with Crippen LogP contribution in [0.1, 0.15) is 16.8 Å². The molecular weight excluding hydrogens is 348 g/mol. The molecule has 3 rings (SSSR count). The summed E-state index contributed by atoms with van der Waals surface area (Å²) < 4.78 is 1.59. The SMILES string of the molecule is Cc1ccc2nc(CN(CCN)CCc3ccccc3)cc(=O)n2c1.Cl. The first-order valence-corrected chi connectivity index (χ1v) is 8.61. The average Bonchev–Trinajstić information content (AvgIpc) is 2.61. The minimum Gasteiger partial charge on any atom is -0.329 e. The van der Waals surface area contributed by atoms with Crippen LogP contribution in [-0.4, -0.2) is 33.9 Å². The fraction of sp³-hybridized carbons (Fsp3) is 0.300. The number of aryl methyl sites for hydroxylation is 1. The maximum atomic E-state index is 12.4. The lowest BCUT2D eigenvalue weighted by Gasteiger charge is -2.21. The van der Waals surface area contributed by atoms with Gasteiger partial charge in [0.2, 0.25) is 0 Å². The van der Waals surface area contributed by atoms with Gasteiger partial charge in [0, 0.05) is 38.4 Å². The fourth-order valence-corrected chi connectivity index (χ4v) is 2.95. The van der Waals surface area contributed by atoms with Gasteiger partial charge in [0.15, 0.2) is 0 Å². The number of aromatic nitrogens is 2. The zero-order chi connectivity index (χ0) is 17.6. The second-order valence-corrected chi connectivity index (χ2v) is 6.32. The molecule has 0 unspecified atom stereocenters. The summed E-state index contributed by atoms with van der Waals surface area (Å²) in [5.74, 6) is 0. The lowest BCUT2D eigenvalue weighted by Crippen LogP contribution is -2.32. The minimum absolute atomic E-state index is 0. The molecule has 2 heterocycles. The molecule has 1 aromatic carbocycles. The molecule has 0 amide bonds. The van der Waals surface area contributed by atoms with Crippen molar-refractivity contribution in [1.29, 1.82) is 0 Å². The monoisotopic (exact) mass is 372 g/mol. The summed E-state index contributed by atoms with van der Waals surface area (Å²) in [6.07, 6.45) is 2.77. The van der Waals surface area contributed by atoms with Crippen LogP contribution in [0.2, 0.25) is 0 Å². The van der Waals surface area contributed by atoms with Crippen molar-refractivity contribution >= 4 is 18.1 Å². The standard InChI is InChI=1S/C20H24N4O.ClH/c1-16-7-8-19-22-18(13-20(25)24(19)14-16)15-23(12-10-21)11-9-17-5-3-2-4-6-17;/h2-8,13-14H,9-12,15,21H2,1H3;1H. The third kappa shape index (κ3) is 5.14. The zero-order valence-corrected chi connectivity index (χ0v) is 15.8. The van der Waals surface area contributed by atoms with Crippen molar-refractivity contribution in [2.75, 3.05) is 19.6 Å². The number of benzene rings is 1. The lowest BCUT2D eigenvalue weighted by atomic mass is 10.1. The van der Waals surface area contributed by atoms with Crippen LogP contribution in [0.25, 0.3) is 5.65 Å². The van der Waals surface area contributed by atoms with Gasteiger partial charge >= 0.3 is 0 Å². The van der Waals surface area contributed by atoms with Gasteiger partial charge in [-0.05, 0) is 30.5 Å². The first-order valence-electron chi connectivity index (χ1n) is 8.61. The van der Waals surface area contributed by atoms with Crippen LogP contribution in [0.4, 0.5) is 0 Å². The highest BCUT2D eigenvalue weighted by Crippen LogP contribution is 2.07. The quantitative estimate of drug-likeness (QED) is 0.691. The summed E-state index contributed by atoms with van der Waals surface area (Å²) in [5.41, 5.74) is 9.53. The van der Waals surface area contributed by atoms with Crippen molar-refractivity contribution in [3.05, 3.63) is 81.9 Å². The summed E-state index contributed by atoms with van der Waals surface area (Å²) in [5, 5.41) is 0. The summed E-state index contributed by atoms with van der Waals surface area (Å²) >= 11 is 0. The Kier molecular flexibility index (Phi) is 7.33. The van der Waals surface area contributed by atoms with Gasteiger partial charge < -0.3 is 5.73 Å². The number of hydrogen-bond donors (Lipinski definition) is 1. The van der Waals surface area contributed by atoms with Crippen molar-refractivity contribution in [3.63, 3.8) is 0 Å². The number of pyridine rings is 1. The molecule has 138 valence electrons. The highest BCUT2D eigenvalue weighted by Gasteiger charge is 2.09. The maximum absolute atomic E-state index is 12.4. The van der Waals surface area contributed by atoms with Crippen LogP contribution in [0.15, 0.2) is 59.5 Å². The largest absolute Gasteiger partial charge is 0.329 e. The molecule has 0 spiro atoms. The average molecular weight is 373 g/mol. The summed E-state index contributed by atoms with van der Waals surface area (Å²) in [4.78, 5) is 19.2. The smallest absolute Gasteiger partial charge is 0.258 e. The molecule has 6 heteroatoms. The van der Waals surface area contributed by atoms with Crippen molar-refractivity contribution < 1.29 is 0 Å². The summed E-state index contributed by atoms with van der Waals surface area (Å²) in [7, 11) is 0. The second-order valence-electron chi connectivity index (χ2n) is 6.32. The van der Waals surface area contributed by atoms with E-state index < -0.39 is 0 Å². The van der Waals surface area contributed by atoms with E-state index in [0.29, 0.717) is 18.7 Å². The lowest BCUT2D eigenvalue weighted by molar-refractivity contribution is 0.273. The van der Waals surface area contributed by atoms with E-state index in [1.54, 1.807) is 10.5 Å². The van der Waals surface area contributed by atoms with Crippen molar-refractivity contribution in [1.82, 2.24) is 14.3 Å². The number of nitrogens with two attached hydrogens (primary N) is 1. The maximum Gasteiger partial charge on any atom is 0.258 e. The third-order valence-electron chi connectivity index (χ3n) is 4.25. The highest BCUT2D eigenvalue weighted by molar-refractivity contribution is 5.85. The molecule has 3 aromatic rings. The summed E-state index contributed by atoms with van der Waals surface area (Å²) in [6, 6.07) is 15.9. The highest BCUT2D eigenvalue weighted by atomic mass is 35.5. The number of hydrogen-bond acceptors (Lipinski definition) is 4. The molecule has 5 nitrogen and oxygen atoms in total. The molecule has 0 radical (unpaired) electrons. The fourth-order valence-electron chi connectivity index (χ4n) is 2.95. The van der Waals surface area contributed by atoms with Gasteiger partial charge in [-0.25, -0.2) is 4.98 Å². The molecule has 0 saturated heterocycles. The Morgan fingerprint density at radius 2 is 1.88 bits per heavy atom. The Morgan fingerprint density at radius 1 is 1.12 bits per heavy atom. The van der Waals surface area contributed by atoms with Gasteiger partial charge in [0.1, 0.15) is 5.65 Å². The van der Waals surface area contributed by atoms with E-state index in [1.165, 1.54) is 5.56 Å². The molecule has 0 aliphatic carbocycles. The van der Waals surface area contributed by atoms with E-state index in [4.69, 9.17) is 5.73 Å². The molecule has 0 fully saturated rings. The van der Waals surface area contributed by atoms with Crippen molar-refractivity contribution in [2.24, 2.45) is 5.73 Å². The van der Waals surface area contributed by atoms with Crippen LogP contribution in [0.5, 0.6) is 0 Å². The minimum atomic E-state index is -0.0422. The van der Waals surface area contributed by atoms with E-state index in [2.05, 4.69) is 34.1 Å². The van der Waals surface area contributed by atoms with Gasteiger partial charge in [-0.2, -0.15) is 0 Å². The van der Waals surface area contributed by atoms with E-state index >= 15 is 0 Å². The number of fused-ring (bicyclic) bond motifs is 1. The number of nitrogens with zero attached hydrogens (tertiary/aromatic N) is 3.